The molecule has 0 radical (unpaired) electrons. The van der Waals surface area contributed by atoms with E-state index in [1.807, 2.05) is 37.3 Å². The van der Waals surface area contributed by atoms with E-state index in [4.69, 9.17) is 4.74 Å². The van der Waals surface area contributed by atoms with Gasteiger partial charge < -0.3 is 10.1 Å². The lowest BCUT2D eigenvalue weighted by atomic mass is 10.1. The van der Waals surface area contributed by atoms with Crippen molar-refractivity contribution < 1.29 is 14.3 Å². The molecule has 2 aromatic rings. The number of amides is 1. The summed E-state index contributed by atoms with van der Waals surface area (Å²) in [6.45, 7) is 1.98. The van der Waals surface area contributed by atoms with Gasteiger partial charge in [-0.3, -0.25) is 9.59 Å². The van der Waals surface area contributed by atoms with Crippen molar-refractivity contribution in [2.75, 3.05) is 7.11 Å². The minimum atomic E-state index is -0.0472. The van der Waals surface area contributed by atoms with Gasteiger partial charge in [-0.15, -0.1) is 0 Å². The molecule has 1 unspecified atom stereocenters. The number of carbonyl (C=O) groups is 2. The number of hydrogen-bond acceptors (Lipinski definition) is 3. The van der Waals surface area contributed by atoms with Crippen LogP contribution in [-0.4, -0.2) is 25.3 Å². The molecule has 23 heavy (non-hydrogen) atoms. The van der Waals surface area contributed by atoms with Crippen LogP contribution < -0.4 is 10.1 Å². The van der Waals surface area contributed by atoms with E-state index in [-0.39, 0.29) is 18.4 Å². The van der Waals surface area contributed by atoms with Gasteiger partial charge >= 0.3 is 0 Å². The quantitative estimate of drug-likeness (QED) is 0.800. The normalized spacial score (nSPS) is 11.6. The van der Waals surface area contributed by atoms with Gasteiger partial charge in [0.1, 0.15) is 12.0 Å². The van der Waals surface area contributed by atoms with Crippen molar-refractivity contribution in [2.45, 2.75) is 25.8 Å². The van der Waals surface area contributed by atoms with Crippen LogP contribution in [0.2, 0.25) is 0 Å². The molecule has 0 aliphatic heterocycles. The first-order valence-electron chi connectivity index (χ1n) is 7.57. The van der Waals surface area contributed by atoms with Gasteiger partial charge in [-0.2, -0.15) is 0 Å². The highest BCUT2D eigenvalue weighted by atomic mass is 16.5. The van der Waals surface area contributed by atoms with Crippen LogP contribution in [0.5, 0.6) is 5.75 Å². The molecule has 1 atom stereocenters. The molecule has 2 aromatic carbocycles. The lowest BCUT2D eigenvalue weighted by Crippen LogP contribution is -2.35. The number of ether oxygens (including phenoxy) is 1. The second kappa shape index (κ2) is 8.13. The third-order valence-corrected chi connectivity index (χ3v) is 3.56. The van der Waals surface area contributed by atoms with Gasteiger partial charge in [0.05, 0.1) is 13.5 Å². The van der Waals surface area contributed by atoms with Crippen molar-refractivity contribution in [1.82, 2.24) is 5.32 Å². The predicted octanol–water partition coefficient (Wildman–Crippen LogP) is 2.80. The van der Waals surface area contributed by atoms with E-state index in [0.717, 1.165) is 29.6 Å². The van der Waals surface area contributed by atoms with Crippen LogP contribution >= 0.6 is 0 Å². The van der Waals surface area contributed by atoms with Gasteiger partial charge in [-0.05, 0) is 42.7 Å². The number of carbonyl (C=O) groups excluding carboxylic acids is 2. The first-order valence-corrected chi connectivity index (χ1v) is 7.57. The van der Waals surface area contributed by atoms with Crippen LogP contribution in [0.1, 0.15) is 28.4 Å². The summed E-state index contributed by atoms with van der Waals surface area (Å²) < 4.78 is 5.13. The summed E-state index contributed by atoms with van der Waals surface area (Å²) >= 11 is 0. The molecular weight excluding hydrogens is 290 g/mol. The molecule has 0 spiro atoms. The molecule has 1 amide bonds. The number of aldehydes is 1. The standard InChI is InChI=1S/C19H21NO3/c1-14(10-15-6-8-18(23-2)9-7-15)20-19(22)12-16-4-3-5-17(11-16)13-21/h3-9,11,13-14H,10,12H2,1-2H3,(H,20,22). The van der Waals surface area contributed by atoms with Crippen LogP contribution in [0.4, 0.5) is 0 Å². The van der Waals surface area contributed by atoms with Crippen molar-refractivity contribution in [3.05, 3.63) is 65.2 Å². The molecule has 4 nitrogen and oxygen atoms in total. The number of hydrogen-bond donors (Lipinski definition) is 1. The highest BCUT2D eigenvalue weighted by Gasteiger charge is 2.09. The highest BCUT2D eigenvalue weighted by Crippen LogP contribution is 2.12. The van der Waals surface area contributed by atoms with Crippen LogP contribution in [0.15, 0.2) is 48.5 Å². The number of nitrogens with one attached hydrogen (secondary N) is 1. The van der Waals surface area contributed by atoms with E-state index in [9.17, 15) is 9.59 Å². The SMILES string of the molecule is COc1ccc(CC(C)NC(=O)Cc2cccc(C=O)c2)cc1. The molecule has 0 bridgehead atoms. The van der Waals surface area contributed by atoms with Crippen molar-refractivity contribution in [2.24, 2.45) is 0 Å². The highest BCUT2D eigenvalue weighted by molar-refractivity contribution is 5.80. The summed E-state index contributed by atoms with van der Waals surface area (Å²) in [5.41, 5.74) is 2.56. The fraction of sp³-hybridized carbons (Fsp3) is 0.263. The minimum Gasteiger partial charge on any atom is -0.497 e. The van der Waals surface area contributed by atoms with Crippen LogP contribution in [0.25, 0.3) is 0 Å². The van der Waals surface area contributed by atoms with Gasteiger partial charge in [0.15, 0.2) is 0 Å². The third kappa shape index (κ3) is 5.25. The Kier molecular flexibility index (Phi) is 5.92. The van der Waals surface area contributed by atoms with E-state index in [2.05, 4.69) is 5.32 Å². The van der Waals surface area contributed by atoms with Crippen molar-refractivity contribution >= 4 is 12.2 Å². The smallest absolute Gasteiger partial charge is 0.224 e. The first-order chi connectivity index (χ1) is 11.1. The maximum atomic E-state index is 12.1. The topological polar surface area (TPSA) is 55.4 Å². The third-order valence-electron chi connectivity index (χ3n) is 3.56. The zero-order valence-electron chi connectivity index (χ0n) is 13.4. The summed E-state index contributed by atoms with van der Waals surface area (Å²) in [7, 11) is 1.64. The number of methoxy groups -OCH3 is 1. The maximum absolute atomic E-state index is 12.1. The minimum absolute atomic E-state index is 0.0325. The summed E-state index contributed by atoms with van der Waals surface area (Å²) in [4.78, 5) is 22.9. The Bertz CT molecular complexity index is 665. The fourth-order valence-electron chi connectivity index (χ4n) is 2.45. The Balaban J connectivity index is 1.87. The second-order valence-electron chi connectivity index (χ2n) is 5.56. The van der Waals surface area contributed by atoms with E-state index < -0.39 is 0 Å². The molecule has 0 aromatic heterocycles. The Hall–Kier alpha value is -2.62. The van der Waals surface area contributed by atoms with Crippen LogP contribution in [0, 0.1) is 0 Å². The zero-order chi connectivity index (χ0) is 16.7. The predicted molar refractivity (Wildman–Crippen MR) is 89.8 cm³/mol. The molecule has 0 fully saturated rings. The molecular formula is C19H21NO3. The summed E-state index contributed by atoms with van der Waals surface area (Å²) in [6, 6.07) is 14.9. The Morgan fingerprint density at radius 2 is 1.91 bits per heavy atom. The van der Waals surface area contributed by atoms with E-state index >= 15 is 0 Å². The monoisotopic (exact) mass is 311 g/mol. The van der Waals surface area contributed by atoms with Gasteiger partial charge in [0.2, 0.25) is 5.91 Å². The average Bonchev–Trinajstić information content (AvgIpc) is 2.55. The van der Waals surface area contributed by atoms with Gasteiger partial charge in [0.25, 0.3) is 0 Å². The largest absolute Gasteiger partial charge is 0.497 e. The van der Waals surface area contributed by atoms with Gasteiger partial charge in [-0.25, -0.2) is 0 Å². The lowest BCUT2D eigenvalue weighted by molar-refractivity contribution is -0.121. The Labute approximate surface area is 136 Å². The summed E-state index contributed by atoms with van der Waals surface area (Å²) in [6.07, 6.45) is 1.81. The molecule has 0 aliphatic carbocycles. The fourth-order valence-corrected chi connectivity index (χ4v) is 2.45. The molecule has 0 heterocycles. The average molecular weight is 311 g/mol. The van der Waals surface area contributed by atoms with Crippen molar-refractivity contribution in [3.63, 3.8) is 0 Å². The maximum Gasteiger partial charge on any atom is 0.224 e. The first kappa shape index (κ1) is 16.7. The number of benzene rings is 2. The molecule has 0 aliphatic rings. The second-order valence-corrected chi connectivity index (χ2v) is 5.56. The summed E-state index contributed by atoms with van der Waals surface area (Å²) in [5, 5.41) is 2.98. The van der Waals surface area contributed by atoms with Gasteiger partial charge in [0, 0.05) is 11.6 Å². The van der Waals surface area contributed by atoms with Crippen LogP contribution in [-0.2, 0) is 17.6 Å². The molecule has 2 rings (SSSR count). The molecule has 1 N–H and O–H groups in total. The Morgan fingerprint density at radius 1 is 1.17 bits per heavy atom. The van der Waals surface area contributed by atoms with Crippen molar-refractivity contribution in [3.8, 4) is 5.75 Å². The van der Waals surface area contributed by atoms with E-state index in [0.29, 0.717) is 5.56 Å². The molecule has 0 saturated carbocycles. The molecule has 0 saturated heterocycles. The van der Waals surface area contributed by atoms with Crippen LogP contribution in [0.3, 0.4) is 0 Å². The van der Waals surface area contributed by atoms with E-state index in [1.165, 1.54) is 0 Å². The number of rotatable bonds is 7. The van der Waals surface area contributed by atoms with Crippen molar-refractivity contribution in [1.29, 1.82) is 0 Å². The zero-order valence-corrected chi connectivity index (χ0v) is 13.4. The molecule has 120 valence electrons. The molecule has 4 heteroatoms. The lowest BCUT2D eigenvalue weighted by Gasteiger charge is -2.14. The van der Waals surface area contributed by atoms with Gasteiger partial charge in [-0.1, -0.05) is 30.3 Å². The summed E-state index contributed by atoms with van der Waals surface area (Å²) in [5.74, 6) is 0.773. The Morgan fingerprint density at radius 3 is 2.57 bits per heavy atom. The van der Waals surface area contributed by atoms with E-state index in [1.54, 1.807) is 25.3 Å².